The quantitative estimate of drug-likeness (QED) is 0.323. The van der Waals surface area contributed by atoms with Crippen LogP contribution in [0.1, 0.15) is 71.5 Å². The number of ether oxygens (including phenoxy) is 2. The van der Waals surface area contributed by atoms with E-state index in [0.717, 1.165) is 23.1 Å². The van der Waals surface area contributed by atoms with Gasteiger partial charge in [0.2, 0.25) is 0 Å². The second-order valence-electron chi connectivity index (χ2n) is 11.5. The second kappa shape index (κ2) is 10.9. The maximum Gasteiger partial charge on any atom is 0.337 e. The van der Waals surface area contributed by atoms with Gasteiger partial charge in [0.05, 0.1) is 22.8 Å². The molecule has 1 amide bonds. The molecule has 0 aliphatic carbocycles. The lowest BCUT2D eigenvalue weighted by Gasteiger charge is -2.30. The summed E-state index contributed by atoms with van der Waals surface area (Å²) in [5.74, 6) is -1.73. The molecular weight excluding hydrogens is 568 g/mol. The fraction of sp³-hybridized carbons (Fsp3) is 0.375. The van der Waals surface area contributed by atoms with E-state index >= 15 is 4.39 Å². The molecule has 2 aliphatic heterocycles. The number of benzene rings is 3. The number of carboxylic acids is 1. The van der Waals surface area contributed by atoms with Crippen molar-refractivity contribution in [3.05, 3.63) is 79.6 Å². The Morgan fingerprint density at radius 3 is 2.51 bits per heavy atom. The Labute approximate surface area is 249 Å². The van der Waals surface area contributed by atoms with E-state index in [9.17, 15) is 14.7 Å². The van der Waals surface area contributed by atoms with Crippen LogP contribution in [0.4, 0.5) is 10.1 Å². The van der Waals surface area contributed by atoms with E-state index in [2.05, 4.69) is 0 Å². The molecule has 3 aromatic rings. The SMILES string of the molecule is Cc1cc2c(c(-c3cc(F)c4c(c3C)CCCO4)c1[C@H](OC(C)(C)C)C(=O)O)CCN2C(=O)c1cc(Cl)ccc1Cl. The highest BCUT2D eigenvalue weighted by Crippen LogP contribution is 2.48. The van der Waals surface area contributed by atoms with E-state index in [1.807, 2.05) is 13.0 Å². The zero-order chi connectivity index (χ0) is 29.8. The maximum atomic E-state index is 15.6. The Kier molecular flexibility index (Phi) is 7.83. The van der Waals surface area contributed by atoms with Gasteiger partial charge in [-0.25, -0.2) is 9.18 Å². The largest absolute Gasteiger partial charge is 0.490 e. The molecule has 3 aromatic carbocycles. The first-order valence-corrected chi connectivity index (χ1v) is 14.3. The van der Waals surface area contributed by atoms with Crippen molar-refractivity contribution in [2.75, 3.05) is 18.1 Å². The number of aryl methyl sites for hydroxylation is 1. The summed E-state index contributed by atoms with van der Waals surface area (Å²) in [5.41, 5.74) is 4.65. The molecule has 0 saturated carbocycles. The van der Waals surface area contributed by atoms with E-state index in [1.165, 1.54) is 12.1 Å². The Morgan fingerprint density at radius 1 is 1.10 bits per heavy atom. The normalized spacial score (nSPS) is 15.3. The van der Waals surface area contributed by atoms with E-state index in [0.29, 0.717) is 59.0 Å². The Bertz CT molecular complexity index is 1580. The average molecular weight is 601 g/mol. The van der Waals surface area contributed by atoms with Crippen molar-refractivity contribution in [2.45, 2.75) is 65.6 Å². The number of aliphatic carboxylic acids is 1. The fourth-order valence-corrected chi connectivity index (χ4v) is 6.23. The lowest BCUT2D eigenvalue weighted by atomic mass is 9.83. The van der Waals surface area contributed by atoms with Crippen LogP contribution in [0.15, 0.2) is 30.3 Å². The summed E-state index contributed by atoms with van der Waals surface area (Å²) in [6.07, 6.45) is 0.507. The number of hydrogen-bond donors (Lipinski definition) is 1. The summed E-state index contributed by atoms with van der Waals surface area (Å²) in [6, 6.07) is 7.97. The lowest BCUT2D eigenvalue weighted by molar-refractivity contribution is -0.160. The summed E-state index contributed by atoms with van der Waals surface area (Å²) in [4.78, 5) is 28.1. The zero-order valence-corrected chi connectivity index (χ0v) is 25.2. The first kappa shape index (κ1) is 29.4. The van der Waals surface area contributed by atoms with Gasteiger partial charge in [0, 0.05) is 28.4 Å². The van der Waals surface area contributed by atoms with Gasteiger partial charge in [-0.3, -0.25) is 4.79 Å². The van der Waals surface area contributed by atoms with E-state index in [-0.39, 0.29) is 22.2 Å². The van der Waals surface area contributed by atoms with Gasteiger partial charge in [0.25, 0.3) is 5.91 Å². The minimum Gasteiger partial charge on any atom is -0.490 e. The summed E-state index contributed by atoms with van der Waals surface area (Å²) < 4.78 is 27.3. The van der Waals surface area contributed by atoms with Crippen LogP contribution in [0.3, 0.4) is 0 Å². The third kappa shape index (κ3) is 5.43. The molecule has 1 atom stereocenters. The highest BCUT2D eigenvalue weighted by molar-refractivity contribution is 6.36. The number of halogens is 3. The van der Waals surface area contributed by atoms with Gasteiger partial charge < -0.3 is 19.5 Å². The summed E-state index contributed by atoms with van der Waals surface area (Å²) in [6.45, 7) is 9.86. The fourth-order valence-electron chi connectivity index (χ4n) is 5.86. The van der Waals surface area contributed by atoms with E-state index in [4.69, 9.17) is 32.7 Å². The van der Waals surface area contributed by atoms with Crippen molar-refractivity contribution < 1.29 is 28.6 Å². The van der Waals surface area contributed by atoms with Gasteiger partial charge in [-0.15, -0.1) is 0 Å². The Balaban J connectivity index is 1.78. The predicted molar refractivity (Wildman–Crippen MR) is 158 cm³/mol. The molecule has 2 heterocycles. The molecule has 2 aliphatic rings. The second-order valence-corrected chi connectivity index (χ2v) is 12.4. The number of carbonyl (C=O) groups excluding carboxylic acids is 1. The van der Waals surface area contributed by atoms with Crippen LogP contribution in [0.2, 0.25) is 10.0 Å². The maximum absolute atomic E-state index is 15.6. The Hall–Kier alpha value is -3.13. The van der Waals surface area contributed by atoms with Crippen LogP contribution in [0, 0.1) is 19.7 Å². The zero-order valence-electron chi connectivity index (χ0n) is 23.7. The van der Waals surface area contributed by atoms with Crippen LogP contribution in [-0.2, 0) is 22.4 Å². The molecule has 0 fully saturated rings. The first-order chi connectivity index (χ1) is 19.3. The van der Waals surface area contributed by atoms with Crippen LogP contribution < -0.4 is 9.64 Å². The number of carboxylic acid groups (broad SMARTS) is 1. The molecule has 0 saturated heterocycles. The van der Waals surface area contributed by atoms with Gasteiger partial charge in [-0.2, -0.15) is 0 Å². The van der Waals surface area contributed by atoms with Crippen LogP contribution >= 0.6 is 23.2 Å². The number of rotatable bonds is 5. The smallest absolute Gasteiger partial charge is 0.337 e. The lowest BCUT2D eigenvalue weighted by Crippen LogP contribution is -2.30. The van der Waals surface area contributed by atoms with Crippen molar-refractivity contribution in [1.82, 2.24) is 0 Å². The number of anilines is 1. The van der Waals surface area contributed by atoms with E-state index < -0.39 is 23.5 Å². The molecule has 5 rings (SSSR count). The molecule has 6 nitrogen and oxygen atoms in total. The van der Waals surface area contributed by atoms with Gasteiger partial charge in [0.15, 0.2) is 17.7 Å². The van der Waals surface area contributed by atoms with Crippen molar-refractivity contribution in [2.24, 2.45) is 0 Å². The predicted octanol–water partition coefficient (Wildman–Crippen LogP) is 7.89. The third-order valence-corrected chi connectivity index (χ3v) is 8.17. The monoisotopic (exact) mass is 599 g/mol. The average Bonchev–Trinajstić information content (AvgIpc) is 3.32. The molecule has 0 aromatic heterocycles. The Morgan fingerprint density at radius 2 is 1.83 bits per heavy atom. The molecule has 216 valence electrons. The van der Waals surface area contributed by atoms with Crippen molar-refractivity contribution in [1.29, 1.82) is 0 Å². The molecule has 0 spiro atoms. The third-order valence-electron chi connectivity index (χ3n) is 7.60. The molecule has 1 N–H and O–H groups in total. The van der Waals surface area contributed by atoms with Gasteiger partial charge in [-0.05, 0) is 112 Å². The van der Waals surface area contributed by atoms with Crippen molar-refractivity contribution >= 4 is 40.8 Å². The highest BCUT2D eigenvalue weighted by atomic mass is 35.5. The van der Waals surface area contributed by atoms with Crippen LogP contribution in [0.5, 0.6) is 5.75 Å². The van der Waals surface area contributed by atoms with Crippen molar-refractivity contribution in [3.63, 3.8) is 0 Å². The minimum atomic E-state index is -1.32. The summed E-state index contributed by atoms with van der Waals surface area (Å²) in [7, 11) is 0. The molecular formula is C32H32Cl2FNO5. The molecule has 0 unspecified atom stereocenters. The topological polar surface area (TPSA) is 76.1 Å². The molecule has 0 bridgehead atoms. The van der Waals surface area contributed by atoms with Gasteiger partial charge in [0.1, 0.15) is 0 Å². The highest BCUT2D eigenvalue weighted by Gasteiger charge is 2.37. The minimum absolute atomic E-state index is 0.247. The molecule has 0 radical (unpaired) electrons. The summed E-state index contributed by atoms with van der Waals surface area (Å²) in [5, 5.41) is 11.0. The number of nitrogens with zero attached hydrogens (tertiary/aromatic N) is 1. The standard InChI is InChI=1S/C32H32Cl2FNO5/c1-16-13-25-20(10-11-36(25)30(37)22-14-18(33)8-9-23(22)34)27(26(16)29(31(38)39)41-32(3,4)5)21-15-24(35)28-19(17(21)2)7-6-12-40-28/h8-9,13-15,29H,6-7,10-12H2,1-5H3,(H,38,39)/t29-/m0/s1. The molecule has 41 heavy (non-hydrogen) atoms. The number of carbonyl (C=O) groups is 2. The van der Waals surface area contributed by atoms with E-state index in [1.54, 1.807) is 44.7 Å². The van der Waals surface area contributed by atoms with Crippen LogP contribution in [0.25, 0.3) is 11.1 Å². The molecule has 9 heteroatoms. The van der Waals surface area contributed by atoms with Gasteiger partial charge >= 0.3 is 5.97 Å². The van der Waals surface area contributed by atoms with Crippen molar-refractivity contribution in [3.8, 4) is 16.9 Å². The number of fused-ring (bicyclic) bond motifs is 2. The van der Waals surface area contributed by atoms with Crippen LogP contribution in [-0.4, -0.2) is 35.7 Å². The number of hydrogen-bond acceptors (Lipinski definition) is 4. The number of amides is 1. The summed E-state index contributed by atoms with van der Waals surface area (Å²) >= 11 is 12.6. The van der Waals surface area contributed by atoms with Gasteiger partial charge in [-0.1, -0.05) is 23.2 Å². The first-order valence-electron chi connectivity index (χ1n) is 13.6.